The highest BCUT2D eigenvalue weighted by Crippen LogP contribution is 2.43. The van der Waals surface area contributed by atoms with Gasteiger partial charge in [0.1, 0.15) is 16.9 Å². The van der Waals surface area contributed by atoms with E-state index in [-0.39, 0.29) is 29.8 Å². The molecule has 0 unspecified atom stereocenters. The van der Waals surface area contributed by atoms with Crippen LogP contribution in [0.1, 0.15) is 55.2 Å². The summed E-state index contributed by atoms with van der Waals surface area (Å²) in [5, 5.41) is 4.11. The predicted molar refractivity (Wildman–Crippen MR) is 167 cm³/mol. The SMILES string of the molecule is COc1cc(C(=O)N2CCC[C@@H](N)C2)cc2nc(-c3cc4ccc5nc4n3C[C@@H]3C[C@H]3COC[C@H](C)C(=O)N[C@@H]5C)n(C)c12. The molecule has 3 aliphatic rings. The molecule has 11 nitrogen and oxygen atoms in total. The zero-order valence-electron chi connectivity index (χ0n) is 25.9. The zero-order chi connectivity index (χ0) is 30.7. The maximum Gasteiger partial charge on any atom is 0.254 e. The van der Waals surface area contributed by atoms with Crippen molar-refractivity contribution in [1.82, 2.24) is 29.3 Å². The van der Waals surface area contributed by atoms with Crippen LogP contribution in [0.25, 0.3) is 33.6 Å². The van der Waals surface area contributed by atoms with Crippen LogP contribution in [-0.2, 0) is 23.1 Å². The highest BCUT2D eigenvalue weighted by molar-refractivity contribution is 6.00. The smallest absolute Gasteiger partial charge is 0.254 e. The molecular weight excluding hydrogens is 558 g/mol. The largest absolute Gasteiger partial charge is 0.494 e. The number of pyridine rings is 1. The molecule has 0 spiro atoms. The standard InChI is InChI=1S/C33H41N7O4/c1-18-16-44-17-23-10-22(23)14-40-27(12-20-7-8-25(36-30(20)40)19(2)35-32(18)41)31-37-26-11-21(13-28(43-4)29(26)38(31)3)33(42)39-9-5-6-24(34)15-39/h7-8,11-13,18-19,22-24H,5-6,9-10,14-17,34H2,1-4H3,(H,35,41)/t18-,19+,22-,23-,24+/m0/s1. The molecule has 0 radical (unpaired) electrons. The van der Waals surface area contributed by atoms with Gasteiger partial charge >= 0.3 is 0 Å². The number of piperidine rings is 1. The van der Waals surface area contributed by atoms with Crippen LogP contribution in [0, 0.1) is 17.8 Å². The third-order valence-corrected chi connectivity index (χ3v) is 9.58. The van der Waals surface area contributed by atoms with E-state index in [0.29, 0.717) is 55.0 Å². The quantitative estimate of drug-likeness (QED) is 0.368. The van der Waals surface area contributed by atoms with Gasteiger partial charge in [-0.05, 0) is 68.4 Å². The number of hydrogen-bond donors (Lipinski definition) is 2. The summed E-state index contributed by atoms with van der Waals surface area (Å²) in [7, 11) is 3.61. The van der Waals surface area contributed by atoms with Crippen LogP contribution < -0.4 is 15.8 Å². The number of nitrogens with zero attached hydrogens (tertiary/aromatic N) is 5. The van der Waals surface area contributed by atoms with Gasteiger partial charge in [-0.2, -0.15) is 0 Å². The number of nitrogens with two attached hydrogens (primary N) is 1. The molecular formula is C33H41N7O4. The number of aryl methyl sites for hydroxylation is 1. The third kappa shape index (κ3) is 5.11. The fraction of sp³-hybridized carbons (Fsp3) is 0.515. The van der Waals surface area contributed by atoms with E-state index < -0.39 is 0 Å². The number of benzene rings is 1. The molecule has 2 fully saturated rings. The van der Waals surface area contributed by atoms with Crippen molar-refractivity contribution in [2.75, 3.05) is 33.4 Å². The van der Waals surface area contributed by atoms with E-state index in [4.69, 9.17) is 25.2 Å². The highest BCUT2D eigenvalue weighted by Gasteiger charge is 2.39. The molecule has 1 saturated carbocycles. The first-order valence-electron chi connectivity index (χ1n) is 15.7. The summed E-state index contributed by atoms with van der Waals surface area (Å²) >= 11 is 0. The fourth-order valence-corrected chi connectivity index (χ4v) is 6.82. The molecule has 3 N–H and O–H groups in total. The van der Waals surface area contributed by atoms with Gasteiger partial charge < -0.3 is 34.6 Å². The van der Waals surface area contributed by atoms with E-state index >= 15 is 0 Å². The Balaban J connectivity index is 1.33. The summed E-state index contributed by atoms with van der Waals surface area (Å²) in [6.45, 7) is 6.96. The number of carbonyl (C=O) groups is 2. The molecule has 5 atom stereocenters. The lowest BCUT2D eigenvalue weighted by molar-refractivity contribution is -0.127. The van der Waals surface area contributed by atoms with Crippen molar-refractivity contribution in [3.63, 3.8) is 0 Å². The van der Waals surface area contributed by atoms with Gasteiger partial charge in [0.05, 0.1) is 42.6 Å². The van der Waals surface area contributed by atoms with E-state index in [1.54, 1.807) is 7.11 Å². The van der Waals surface area contributed by atoms with E-state index in [2.05, 4.69) is 22.0 Å². The summed E-state index contributed by atoms with van der Waals surface area (Å²) in [6, 6.07) is 9.63. The minimum Gasteiger partial charge on any atom is -0.494 e. The zero-order valence-corrected chi connectivity index (χ0v) is 25.9. The average Bonchev–Trinajstić information content (AvgIpc) is 3.54. The molecule has 7 rings (SSSR count). The molecule has 2 amide bonds. The lowest BCUT2D eigenvalue weighted by Gasteiger charge is -2.30. The first-order chi connectivity index (χ1) is 21.2. The molecule has 232 valence electrons. The second-order valence-electron chi connectivity index (χ2n) is 12.9. The van der Waals surface area contributed by atoms with Gasteiger partial charge in [-0.1, -0.05) is 6.92 Å². The number of likely N-dealkylation sites (tertiary alicyclic amines) is 1. The number of aromatic nitrogens is 4. The number of fused-ring (bicyclic) bond motifs is 3. The van der Waals surface area contributed by atoms with Gasteiger partial charge in [0.15, 0.2) is 5.82 Å². The minimum absolute atomic E-state index is 0.000830. The van der Waals surface area contributed by atoms with Crippen LogP contribution >= 0.6 is 0 Å². The number of ether oxygens (including phenoxy) is 2. The monoisotopic (exact) mass is 599 g/mol. The van der Waals surface area contributed by atoms with Crippen LogP contribution in [0.5, 0.6) is 5.75 Å². The van der Waals surface area contributed by atoms with Crippen LogP contribution in [-0.4, -0.2) is 75.3 Å². The minimum atomic E-state index is -0.247. The Morgan fingerprint density at radius 2 is 1.95 bits per heavy atom. The van der Waals surface area contributed by atoms with Gasteiger partial charge in [0, 0.05) is 50.3 Å². The molecule has 11 heteroatoms. The summed E-state index contributed by atoms with van der Waals surface area (Å²) in [4.78, 5) is 38.4. The second kappa shape index (κ2) is 11.2. The van der Waals surface area contributed by atoms with Crippen molar-refractivity contribution in [2.24, 2.45) is 30.5 Å². The highest BCUT2D eigenvalue weighted by atomic mass is 16.5. The van der Waals surface area contributed by atoms with E-state index in [9.17, 15) is 9.59 Å². The number of methoxy groups -OCH3 is 1. The summed E-state index contributed by atoms with van der Waals surface area (Å²) in [6.07, 6.45) is 2.90. The van der Waals surface area contributed by atoms with E-state index in [1.165, 1.54) is 0 Å². The van der Waals surface area contributed by atoms with E-state index in [0.717, 1.165) is 59.6 Å². The topological polar surface area (TPSA) is 130 Å². The Labute approximate surface area is 256 Å². The van der Waals surface area contributed by atoms with Gasteiger partial charge in [-0.3, -0.25) is 9.59 Å². The Bertz CT molecular complexity index is 1760. The van der Waals surface area contributed by atoms with Crippen molar-refractivity contribution in [2.45, 2.75) is 51.7 Å². The van der Waals surface area contributed by atoms with Crippen molar-refractivity contribution in [1.29, 1.82) is 0 Å². The van der Waals surface area contributed by atoms with Crippen LogP contribution in [0.4, 0.5) is 0 Å². The van der Waals surface area contributed by atoms with Crippen LogP contribution in [0.3, 0.4) is 0 Å². The van der Waals surface area contributed by atoms with Gasteiger partial charge in [0.25, 0.3) is 5.91 Å². The average molecular weight is 600 g/mol. The molecule has 4 aromatic rings. The predicted octanol–water partition coefficient (Wildman–Crippen LogP) is 3.64. The van der Waals surface area contributed by atoms with Crippen molar-refractivity contribution in [3.8, 4) is 17.3 Å². The fourth-order valence-electron chi connectivity index (χ4n) is 6.82. The van der Waals surface area contributed by atoms with Crippen LogP contribution in [0.2, 0.25) is 0 Å². The summed E-state index contributed by atoms with van der Waals surface area (Å²) < 4.78 is 16.1. The Kier molecular flexibility index (Phi) is 7.32. The lowest BCUT2D eigenvalue weighted by Crippen LogP contribution is -2.45. The maximum atomic E-state index is 13.5. The maximum absolute atomic E-state index is 13.5. The molecule has 1 saturated heterocycles. The molecule has 44 heavy (non-hydrogen) atoms. The molecule has 5 heterocycles. The Morgan fingerprint density at radius 1 is 1.11 bits per heavy atom. The first kappa shape index (κ1) is 28.8. The van der Waals surface area contributed by atoms with Gasteiger partial charge in [-0.15, -0.1) is 0 Å². The van der Waals surface area contributed by atoms with Crippen molar-refractivity contribution >= 4 is 33.9 Å². The number of carbonyl (C=O) groups excluding carboxylic acids is 2. The number of nitrogens with one attached hydrogen (secondary N) is 1. The molecule has 2 bridgehead atoms. The Hall–Kier alpha value is -3.96. The van der Waals surface area contributed by atoms with Crippen molar-refractivity contribution in [3.05, 3.63) is 41.6 Å². The molecule has 1 aromatic carbocycles. The summed E-state index contributed by atoms with van der Waals surface area (Å²) in [5.41, 5.74) is 10.9. The Morgan fingerprint density at radius 3 is 2.75 bits per heavy atom. The second-order valence-corrected chi connectivity index (χ2v) is 12.9. The number of rotatable bonds is 3. The number of hydrogen-bond acceptors (Lipinski definition) is 7. The third-order valence-electron chi connectivity index (χ3n) is 9.58. The summed E-state index contributed by atoms with van der Waals surface area (Å²) in [5.74, 6) is 1.95. The van der Waals surface area contributed by atoms with Crippen LogP contribution in [0.15, 0.2) is 30.3 Å². The number of amides is 2. The van der Waals surface area contributed by atoms with Crippen molar-refractivity contribution < 1.29 is 19.1 Å². The van der Waals surface area contributed by atoms with Gasteiger partial charge in [-0.25, -0.2) is 9.97 Å². The normalized spacial score (nSPS) is 26.0. The van der Waals surface area contributed by atoms with E-state index in [1.807, 2.05) is 48.6 Å². The molecule has 3 aromatic heterocycles. The lowest BCUT2D eigenvalue weighted by atomic mass is 10.0. The molecule has 1 aliphatic carbocycles. The molecule has 2 aliphatic heterocycles. The van der Waals surface area contributed by atoms with Gasteiger partial charge in [0.2, 0.25) is 5.91 Å². The number of imidazole rings is 1. The first-order valence-corrected chi connectivity index (χ1v) is 15.7.